The zero-order valence-corrected chi connectivity index (χ0v) is 8.78. The van der Waals surface area contributed by atoms with Gasteiger partial charge in [-0.25, -0.2) is 4.79 Å². The fraction of sp³-hybridized carbons (Fsp3) is 0.500. The molecule has 15 heavy (non-hydrogen) atoms. The van der Waals surface area contributed by atoms with Crippen LogP contribution in [0.25, 0.3) is 0 Å². The van der Waals surface area contributed by atoms with Gasteiger partial charge in [0.2, 0.25) is 5.91 Å². The molecule has 5 nitrogen and oxygen atoms in total. The number of hydrogen-bond donors (Lipinski definition) is 1. The summed E-state index contributed by atoms with van der Waals surface area (Å²) in [6.45, 7) is 3.85. The first-order valence-corrected chi connectivity index (χ1v) is 5.00. The van der Waals surface area contributed by atoms with Crippen LogP contribution in [-0.2, 0) is 11.2 Å². The Bertz CT molecular complexity index is 462. The average Bonchev–Trinajstić information content (AvgIpc) is 2.15. The summed E-state index contributed by atoms with van der Waals surface area (Å²) < 4.78 is 1.58. The monoisotopic (exact) mass is 207 g/mol. The molecular weight excluding hydrogens is 194 g/mol. The number of carbonyl (C=O) groups excluding carboxylic acids is 1. The summed E-state index contributed by atoms with van der Waals surface area (Å²) in [6.07, 6.45) is 2.90. The van der Waals surface area contributed by atoms with Crippen LogP contribution in [-0.4, -0.2) is 15.5 Å². The van der Waals surface area contributed by atoms with E-state index in [1.165, 1.54) is 0 Å². The molecule has 2 heterocycles. The third-order valence-corrected chi connectivity index (χ3v) is 2.46. The van der Waals surface area contributed by atoms with E-state index in [0.29, 0.717) is 18.7 Å². The second kappa shape index (κ2) is 3.49. The first kappa shape index (κ1) is 9.89. The van der Waals surface area contributed by atoms with E-state index in [1.54, 1.807) is 10.8 Å². The molecule has 0 bridgehead atoms. The van der Waals surface area contributed by atoms with Gasteiger partial charge in [0, 0.05) is 24.2 Å². The van der Waals surface area contributed by atoms with Gasteiger partial charge in [0.25, 0.3) is 0 Å². The number of anilines is 1. The number of hydrogen-bond acceptors (Lipinski definition) is 3. The van der Waals surface area contributed by atoms with Crippen molar-refractivity contribution in [1.82, 2.24) is 9.55 Å². The molecule has 5 heteroatoms. The quantitative estimate of drug-likeness (QED) is 0.737. The first-order valence-electron chi connectivity index (χ1n) is 5.00. The van der Waals surface area contributed by atoms with Gasteiger partial charge in [-0.15, -0.1) is 0 Å². The van der Waals surface area contributed by atoms with Crippen LogP contribution in [0.4, 0.5) is 5.82 Å². The Morgan fingerprint density at radius 3 is 2.80 bits per heavy atom. The van der Waals surface area contributed by atoms with Gasteiger partial charge >= 0.3 is 5.69 Å². The van der Waals surface area contributed by atoms with Gasteiger partial charge in [-0.05, 0) is 20.3 Å². The average molecular weight is 207 g/mol. The van der Waals surface area contributed by atoms with E-state index < -0.39 is 0 Å². The van der Waals surface area contributed by atoms with Gasteiger partial charge in [0.15, 0.2) is 0 Å². The molecule has 1 aromatic heterocycles. The second-order valence-electron chi connectivity index (χ2n) is 3.95. The Balaban J connectivity index is 2.51. The van der Waals surface area contributed by atoms with Gasteiger partial charge in [-0.1, -0.05) is 0 Å². The molecule has 0 saturated heterocycles. The lowest BCUT2D eigenvalue weighted by atomic mass is 10.1. The molecule has 1 aliphatic heterocycles. The Labute approximate surface area is 87.1 Å². The maximum Gasteiger partial charge on any atom is 0.349 e. The number of aryl methyl sites for hydroxylation is 1. The minimum absolute atomic E-state index is 0.0725. The minimum atomic E-state index is -0.314. The molecule has 80 valence electrons. The highest BCUT2D eigenvalue weighted by Gasteiger charge is 2.18. The highest BCUT2D eigenvalue weighted by molar-refractivity contribution is 5.92. The molecule has 0 spiro atoms. The van der Waals surface area contributed by atoms with Gasteiger partial charge in [-0.3, -0.25) is 9.36 Å². The molecule has 1 N–H and O–H groups in total. The Kier molecular flexibility index (Phi) is 2.30. The van der Waals surface area contributed by atoms with E-state index >= 15 is 0 Å². The standard InChI is InChI=1S/C10H13N3O2/c1-6(2)13-5-7-3-4-8(14)11-9(7)12-10(13)15/h5-6H,3-4H2,1-2H3,(H,11,12,14,15). The molecule has 0 saturated carbocycles. The number of fused-ring (bicyclic) bond motifs is 1. The lowest BCUT2D eigenvalue weighted by molar-refractivity contribution is -0.116. The van der Waals surface area contributed by atoms with Crippen LogP contribution in [0.3, 0.4) is 0 Å². The number of carbonyl (C=O) groups is 1. The van der Waals surface area contributed by atoms with Gasteiger partial charge < -0.3 is 5.32 Å². The van der Waals surface area contributed by atoms with Crippen molar-refractivity contribution in [3.05, 3.63) is 22.2 Å². The number of nitrogens with one attached hydrogen (secondary N) is 1. The third-order valence-electron chi connectivity index (χ3n) is 2.46. The number of aromatic nitrogens is 2. The molecule has 0 fully saturated rings. The minimum Gasteiger partial charge on any atom is -0.310 e. The van der Waals surface area contributed by atoms with Crippen molar-refractivity contribution in [1.29, 1.82) is 0 Å². The zero-order chi connectivity index (χ0) is 11.0. The van der Waals surface area contributed by atoms with Crippen molar-refractivity contribution >= 4 is 11.7 Å². The van der Waals surface area contributed by atoms with E-state index in [2.05, 4.69) is 10.3 Å². The van der Waals surface area contributed by atoms with Crippen molar-refractivity contribution < 1.29 is 4.79 Å². The predicted molar refractivity (Wildman–Crippen MR) is 55.8 cm³/mol. The van der Waals surface area contributed by atoms with Crippen LogP contribution in [0.2, 0.25) is 0 Å². The lowest BCUT2D eigenvalue weighted by Gasteiger charge is -2.18. The summed E-state index contributed by atoms with van der Waals surface area (Å²) in [6, 6.07) is 0.0907. The van der Waals surface area contributed by atoms with Crippen LogP contribution in [0.15, 0.2) is 11.0 Å². The van der Waals surface area contributed by atoms with Crippen LogP contribution in [0.5, 0.6) is 0 Å². The molecule has 1 amide bonds. The highest BCUT2D eigenvalue weighted by atomic mass is 16.2. The molecular formula is C10H13N3O2. The SMILES string of the molecule is CC(C)n1cc2c(nc1=O)NC(=O)CC2. The highest BCUT2D eigenvalue weighted by Crippen LogP contribution is 2.18. The molecule has 0 radical (unpaired) electrons. The van der Waals surface area contributed by atoms with Crippen molar-refractivity contribution in [2.45, 2.75) is 32.7 Å². The van der Waals surface area contributed by atoms with E-state index in [0.717, 1.165) is 5.56 Å². The van der Waals surface area contributed by atoms with Crippen LogP contribution in [0.1, 0.15) is 31.9 Å². The summed E-state index contributed by atoms with van der Waals surface area (Å²) in [5, 5.41) is 2.60. The van der Waals surface area contributed by atoms with Crippen molar-refractivity contribution in [2.75, 3.05) is 5.32 Å². The van der Waals surface area contributed by atoms with Gasteiger partial charge in [0.05, 0.1) is 0 Å². The van der Waals surface area contributed by atoms with Gasteiger partial charge in [0.1, 0.15) is 5.82 Å². The second-order valence-corrected chi connectivity index (χ2v) is 3.95. The van der Waals surface area contributed by atoms with E-state index in [-0.39, 0.29) is 17.6 Å². The van der Waals surface area contributed by atoms with E-state index in [9.17, 15) is 9.59 Å². The molecule has 0 unspecified atom stereocenters. The smallest absolute Gasteiger partial charge is 0.310 e. The van der Waals surface area contributed by atoms with Crippen LogP contribution < -0.4 is 11.0 Å². The Hall–Kier alpha value is -1.65. The fourth-order valence-electron chi connectivity index (χ4n) is 1.61. The maximum atomic E-state index is 11.5. The summed E-state index contributed by atoms with van der Waals surface area (Å²) in [5.41, 5.74) is 0.619. The molecule has 0 aromatic carbocycles. The topological polar surface area (TPSA) is 64.0 Å². The summed E-state index contributed by atoms with van der Waals surface area (Å²) in [4.78, 5) is 26.5. The molecule has 2 rings (SSSR count). The fourth-order valence-corrected chi connectivity index (χ4v) is 1.61. The van der Waals surface area contributed by atoms with Crippen molar-refractivity contribution in [3.8, 4) is 0 Å². The summed E-state index contributed by atoms with van der Waals surface area (Å²) in [7, 11) is 0. The predicted octanol–water partition coefficient (Wildman–Crippen LogP) is 0.709. The maximum absolute atomic E-state index is 11.5. The zero-order valence-electron chi connectivity index (χ0n) is 8.78. The van der Waals surface area contributed by atoms with E-state index in [1.807, 2.05) is 13.8 Å². The van der Waals surface area contributed by atoms with Crippen LogP contribution in [0, 0.1) is 0 Å². The number of nitrogens with zero attached hydrogens (tertiary/aromatic N) is 2. The Morgan fingerprint density at radius 2 is 2.13 bits per heavy atom. The summed E-state index contributed by atoms with van der Waals surface area (Å²) in [5.74, 6) is 0.352. The lowest BCUT2D eigenvalue weighted by Crippen LogP contribution is -2.30. The number of amides is 1. The van der Waals surface area contributed by atoms with Gasteiger partial charge in [-0.2, -0.15) is 4.98 Å². The largest absolute Gasteiger partial charge is 0.349 e. The molecule has 1 aromatic rings. The normalized spacial score (nSPS) is 15.0. The number of rotatable bonds is 1. The van der Waals surface area contributed by atoms with Crippen molar-refractivity contribution in [3.63, 3.8) is 0 Å². The molecule has 0 aliphatic carbocycles. The summed E-state index contributed by atoms with van der Waals surface area (Å²) >= 11 is 0. The van der Waals surface area contributed by atoms with E-state index in [4.69, 9.17) is 0 Å². The van der Waals surface area contributed by atoms with Crippen molar-refractivity contribution in [2.24, 2.45) is 0 Å². The first-order chi connectivity index (χ1) is 7.08. The molecule has 1 aliphatic rings. The Morgan fingerprint density at radius 1 is 1.40 bits per heavy atom. The third kappa shape index (κ3) is 1.77. The van der Waals surface area contributed by atoms with Crippen LogP contribution >= 0.6 is 0 Å². The molecule has 0 atom stereocenters.